The number of nitrogens with zero attached hydrogens (tertiary/aromatic N) is 1. The molecule has 0 aliphatic rings. The number of rotatable bonds is 3. The molecule has 2 nitrogen and oxygen atoms in total. The summed E-state index contributed by atoms with van der Waals surface area (Å²) in [7, 11) is 0. The second-order valence-corrected chi connectivity index (χ2v) is 4.66. The van der Waals surface area contributed by atoms with Crippen LogP contribution in [0.5, 0.6) is 0 Å². The van der Waals surface area contributed by atoms with Crippen molar-refractivity contribution in [3.8, 4) is 0 Å². The van der Waals surface area contributed by atoms with E-state index in [0.717, 1.165) is 10.2 Å². The molecule has 2 aromatic rings. The standard InChI is InChI=1S/C13H11BrFNO/c14-10-4-5-12(16-8-10)7-13(17)9-2-1-3-11(15)6-9/h1-6,8,13,17H,7H2. The minimum absolute atomic E-state index is 0.342. The number of aromatic nitrogens is 1. The Morgan fingerprint density at radius 2 is 2.12 bits per heavy atom. The zero-order valence-electron chi connectivity index (χ0n) is 8.98. The van der Waals surface area contributed by atoms with E-state index in [1.165, 1.54) is 12.1 Å². The number of benzene rings is 1. The maximum atomic E-state index is 13.0. The van der Waals surface area contributed by atoms with Gasteiger partial charge in [-0.2, -0.15) is 0 Å². The first-order valence-electron chi connectivity index (χ1n) is 5.19. The summed E-state index contributed by atoms with van der Waals surface area (Å²) >= 11 is 3.29. The molecule has 0 bridgehead atoms. The summed E-state index contributed by atoms with van der Waals surface area (Å²) in [6.45, 7) is 0. The van der Waals surface area contributed by atoms with Gasteiger partial charge < -0.3 is 5.11 Å². The van der Waals surface area contributed by atoms with Crippen LogP contribution in [-0.4, -0.2) is 10.1 Å². The van der Waals surface area contributed by atoms with E-state index in [1.54, 1.807) is 18.3 Å². The summed E-state index contributed by atoms with van der Waals surface area (Å²) in [4.78, 5) is 4.17. The van der Waals surface area contributed by atoms with E-state index >= 15 is 0 Å². The monoisotopic (exact) mass is 295 g/mol. The summed E-state index contributed by atoms with van der Waals surface area (Å²) in [6.07, 6.45) is 1.31. The fourth-order valence-corrected chi connectivity index (χ4v) is 1.79. The molecule has 0 aliphatic heterocycles. The number of hydrogen-bond acceptors (Lipinski definition) is 2. The molecule has 0 amide bonds. The lowest BCUT2D eigenvalue weighted by Gasteiger charge is -2.10. The van der Waals surface area contributed by atoms with Crippen LogP contribution in [0.15, 0.2) is 47.1 Å². The third kappa shape index (κ3) is 3.35. The van der Waals surface area contributed by atoms with Crippen molar-refractivity contribution < 1.29 is 9.50 Å². The van der Waals surface area contributed by atoms with E-state index in [2.05, 4.69) is 20.9 Å². The van der Waals surface area contributed by atoms with Gasteiger partial charge in [0.2, 0.25) is 0 Å². The Morgan fingerprint density at radius 3 is 2.76 bits per heavy atom. The highest BCUT2D eigenvalue weighted by atomic mass is 79.9. The van der Waals surface area contributed by atoms with Crippen LogP contribution in [0.4, 0.5) is 4.39 Å². The number of pyridine rings is 1. The molecule has 1 N–H and O–H groups in total. The van der Waals surface area contributed by atoms with Gasteiger partial charge in [-0.1, -0.05) is 12.1 Å². The van der Waals surface area contributed by atoms with Crippen molar-refractivity contribution in [2.45, 2.75) is 12.5 Å². The first kappa shape index (κ1) is 12.2. The van der Waals surface area contributed by atoms with E-state index in [0.29, 0.717) is 12.0 Å². The predicted octanol–water partition coefficient (Wildman–Crippen LogP) is 3.26. The van der Waals surface area contributed by atoms with E-state index < -0.39 is 6.10 Å². The van der Waals surface area contributed by atoms with Gasteiger partial charge in [-0.15, -0.1) is 0 Å². The van der Waals surface area contributed by atoms with Crippen molar-refractivity contribution in [2.75, 3.05) is 0 Å². The SMILES string of the molecule is OC(Cc1ccc(Br)cn1)c1cccc(F)c1. The summed E-state index contributed by atoms with van der Waals surface area (Å²) in [5.41, 5.74) is 1.33. The second-order valence-electron chi connectivity index (χ2n) is 3.74. The van der Waals surface area contributed by atoms with Crippen LogP contribution in [-0.2, 0) is 6.42 Å². The fourth-order valence-electron chi connectivity index (χ4n) is 1.56. The molecule has 0 aliphatic carbocycles. The molecule has 0 fully saturated rings. The summed E-state index contributed by atoms with van der Waals surface area (Å²) < 4.78 is 13.9. The zero-order chi connectivity index (χ0) is 12.3. The van der Waals surface area contributed by atoms with Crippen LogP contribution in [0.1, 0.15) is 17.4 Å². The zero-order valence-corrected chi connectivity index (χ0v) is 10.6. The topological polar surface area (TPSA) is 33.1 Å². The van der Waals surface area contributed by atoms with Crippen molar-refractivity contribution in [3.05, 3.63) is 64.1 Å². The van der Waals surface area contributed by atoms with Crippen LogP contribution in [0, 0.1) is 5.82 Å². The fraction of sp³-hybridized carbons (Fsp3) is 0.154. The van der Waals surface area contributed by atoms with Crippen LogP contribution in [0.3, 0.4) is 0 Å². The summed E-state index contributed by atoms with van der Waals surface area (Å²) in [6, 6.07) is 9.67. The smallest absolute Gasteiger partial charge is 0.123 e. The van der Waals surface area contributed by atoms with Crippen LogP contribution in [0.2, 0.25) is 0 Å². The van der Waals surface area contributed by atoms with E-state index in [9.17, 15) is 9.50 Å². The van der Waals surface area contributed by atoms with Gasteiger partial charge in [0.1, 0.15) is 5.82 Å². The largest absolute Gasteiger partial charge is 0.388 e. The normalized spacial score (nSPS) is 12.4. The Kier molecular flexibility index (Phi) is 3.86. The lowest BCUT2D eigenvalue weighted by Crippen LogP contribution is -2.03. The van der Waals surface area contributed by atoms with Gasteiger partial charge in [-0.05, 0) is 45.8 Å². The predicted molar refractivity (Wildman–Crippen MR) is 67.0 cm³/mol. The lowest BCUT2D eigenvalue weighted by atomic mass is 10.0. The van der Waals surface area contributed by atoms with Crippen LogP contribution in [0.25, 0.3) is 0 Å². The number of aliphatic hydroxyl groups is 1. The molecule has 0 spiro atoms. The Hall–Kier alpha value is -1.26. The van der Waals surface area contributed by atoms with Gasteiger partial charge in [-0.25, -0.2) is 4.39 Å². The van der Waals surface area contributed by atoms with Gasteiger partial charge in [0.05, 0.1) is 6.10 Å². The third-order valence-corrected chi connectivity index (χ3v) is 2.89. The van der Waals surface area contributed by atoms with Crippen molar-refractivity contribution in [3.63, 3.8) is 0 Å². The minimum Gasteiger partial charge on any atom is -0.388 e. The molecule has 0 saturated carbocycles. The Balaban J connectivity index is 2.11. The van der Waals surface area contributed by atoms with Gasteiger partial charge in [0.15, 0.2) is 0 Å². The molecule has 0 radical (unpaired) electrons. The molecule has 1 aromatic heterocycles. The molecule has 1 unspecified atom stereocenters. The second kappa shape index (κ2) is 5.38. The summed E-state index contributed by atoms with van der Waals surface area (Å²) in [5.74, 6) is -0.342. The first-order chi connectivity index (χ1) is 8.15. The minimum atomic E-state index is -0.737. The highest BCUT2D eigenvalue weighted by molar-refractivity contribution is 9.10. The van der Waals surface area contributed by atoms with Crippen molar-refractivity contribution in [1.82, 2.24) is 4.98 Å². The molecule has 1 atom stereocenters. The van der Waals surface area contributed by atoms with Gasteiger partial charge >= 0.3 is 0 Å². The highest BCUT2D eigenvalue weighted by Gasteiger charge is 2.09. The molecule has 4 heteroatoms. The maximum Gasteiger partial charge on any atom is 0.123 e. The van der Waals surface area contributed by atoms with E-state index in [4.69, 9.17) is 0 Å². The molecule has 0 saturated heterocycles. The lowest BCUT2D eigenvalue weighted by molar-refractivity contribution is 0.177. The van der Waals surface area contributed by atoms with Crippen molar-refractivity contribution >= 4 is 15.9 Å². The molecule has 17 heavy (non-hydrogen) atoms. The van der Waals surface area contributed by atoms with Gasteiger partial charge in [-0.3, -0.25) is 4.98 Å². The molecule has 1 aromatic carbocycles. The number of hydrogen-bond donors (Lipinski definition) is 1. The Morgan fingerprint density at radius 1 is 1.29 bits per heavy atom. The molecule has 1 heterocycles. The van der Waals surface area contributed by atoms with Gasteiger partial charge in [0.25, 0.3) is 0 Å². The highest BCUT2D eigenvalue weighted by Crippen LogP contribution is 2.18. The number of aliphatic hydroxyl groups excluding tert-OH is 1. The van der Waals surface area contributed by atoms with E-state index in [-0.39, 0.29) is 5.82 Å². The maximum absolute atomic E-state index is 13.0. The quantitative estimate of drug-likeness (QED) is 0.943. The van der Waals surface area contributed by atoms with Crippen LogP contribution < -0.4 is 0 Å². The average molecular weight is 296 g/mol. The Bertz CT molecular complexity index is 501. The first-order valence-corrected chi connectivity index (χ1v) is 5.98. The molecule has 88 valence electrons. The van der Waals surface area contributed by atoms with Crippen LogP contribution >= 0.6 is 15.9 Å². The average Bonchev–Trinajstić information content (AvgIpc) is 2.32. The van der Waals surface area contributed by atoms with Crippen molar-refractivity contribution in [1.29, 1.82) is 0 Å². The molecular formula is C13H11BrFNO. The number of halogens is 2. The van der Waals surface area contributed by atoms with E-state index in [1.807, 2.05) is 12.1 Å². The Labute approximate surface area is 107 Å². The third-order valence-electron chi connectivity index (χ3n) is 2.42. The summed E-state index contributed by atoms with van der Waals surface area (Å²) in [5, 5.41) is 9.95. The van der Waals surface area contributed by atoms with Gasteiger partial charge in [0, 0.05) is 22.8 Å². The molecule has 2 rings (SSSR count). The van der Waals surface area contributed by atoms with Crippen molar-refractivity contribution in [2.24, 2.45) is 0 Å². The molecular weight excluding hydrogens is 285 g/mol.